The number of ether oxygens (including phenoxy) is 1. The third kappa shape index (κ3) is 5.84. The molecule has 3 N–H and O–H groups in total. The summed E-state index contributed by atoms with van der Waals surface area (Å²) in [7, 11) is 0. The smallest absolute Gasteiger partial charge is 0.323 e. The van der Waals surface area contributed by atoms with Crippen molar-refractivity contribution in [1.82, 2.24) is 0 Å². The van der Waals surface area contributed by atoms with Crippen molar-refractivity contribution in [1.29, 1.82) is 5.26 Å². The van der Waals surface area contributed by atoms with Gasteiger partial charge in [-0.05, 0) is 48.5 Å². The van der Waals surface area contributed by atoms with Gasteiger partial charge in [-0.15, -0.1) is 0 Å². The molecule has 0 spiro atoms. The summed E-state index contributed by atoms with van der Waals surface area (Å²) in [5.74, 6) is -0.00519. The summed E-state index contributed by atoms with van der Waals surface area (Å²) in [6, 6.07) is 24.1. The van der Waals surface area contributed by atoms with Crippen LogP contribution in [-0.4, -0.2) is 18.5 Å². The first-order valence-corrected chi connectivity index (χ1v) is 8.79. The van der Waals surface area contributed by atoms with Crippen LogP contribution in [0.15, 0.2) is 78.9 Å². The Labute approximate surface area is 167 Å². The predicted molar refractivity (Wildman–Crippen MR) is 111 cm³/mol. The van der Waals surface area contributed by atoms with Gasteiger partial charge < -0.3 is 20.7 Å². The Morgan fingerprint density at radius 1 is 0.759 bits per heavy atom. The average molecular weight is 386 g/mol. The standard InChI is InChI=1S/C22H18N4O3/c23-14-16-6-4-5-9-20(16)29-15-21(27)24-18-10-12-19(13-11-18)26-22(28)25-17-7-2-1-3-8-17/h1-13H,15H2,(H,24,27)(H2,25,26,28). The van der Waals surface area contributed by atoms with E-state index in [4.69, 9.17) is 10.00 Å². The van der Waals surface area contributed by atoms with Gasteiger partial charge in [0.1, 0.15) is 11.8 Å². The first kappa shape index (κ1) is 19.5. The number of nitriles is 1. The second-order valence-electron chi connectivity index (χ2n) is 5.97. The van der Waals surface area contributed by atoms with Crippen LogP contribution in [0.4, 0.5) is 21.9 Å². The number of para-hydroxylation sites is 2. The minimum absolute atomic E-state index is 0.224. The van der Waals surface area contributed by atoms with E-state index in [1.807, 2.05) is 24.3 Å². The van der Waals surface area contributed by atoms with Crippen molar-refractivity contribution in [3.05, 3.63) is 84.4 Å². The third-order valence-electron chi connectivity index (χ3n) is 3.82. The number of hydrogen-bond acceptors (Lipinski definition) is 4. The number of hydrogen-bond donors (Lipinski definition) is 3. The van der Waals surface area contributed by atoms with Gasteiger partial charge in [-0.25, -0.2) is 4.79 Å². The van der Waals surface area contributed by atoms with Crippen molar-refractivity contribution in [2.24, 2.45) is 0 Å². The second-order valence-corrected chi connectivity index (χ2v) is 5.97. The van der Waals surface area contributed by atoms with E-state index in [-0.39, 0.29) is 18.5 Å². The number of nitrogens with zero attached hydrogens (tertiary/aromatic N) is 1. The lowest BCUT2D eigenvalue weighted by Crippen LogP contribution is -2.21. The van der Waals surface area contributed by atoms with Crippen molar-refractivity contribution in [3.8, 4) is 11.8 Å². The maximum absolute atomic E-state index is 12.1. The van der Waals surface area contributed by atoms with Crippen molar-refractivity contribution >= 4 is 29.0 Å². The molecule has 0 aromatic heterocycles. The van der Waals surface area contributed by atoms with Crippen LogP contribution in [0.1, 0.15) is 5.56 Å². The van der Waals surface area contributed by atoms with Crippen LogP contribution in [0, 0.1) is 11.3 Å². The van der Waals surface area contributed by atoms with Crippen molar-refractivity contribution < 1.29 is 14.3 Å². The van der Waals surface area contributed by atoms with E-state index in [9.17, 15) is 9.59 Å². The Morgan fingerprint density at radius 2 is 1.31 bits per heavy atom. The van der Waals surface area contributed by atoms with Crippen LogP contribution in [0.2, 0.25) is 0 Å². The monoisotopic (exact) mass is 386 g/mol. The highest BCUT2D eigenvalue weighted by atomic mass is 16.5. The SMILES string of the molecule is N#Cc1ccccc1OCC(=O)Nc1ccc(NC(=O)Nc2ccccc2)cc1. The van der Waals surface area contributed by atoms with Gasteiger partial charge in [0, 0.05) is 17.1 Å². The first-order valence-electron chi connectivity index (χ1n) is 8.79. The minimum atomic E-state index is -0.363. The fourth-order valence-electron chi connectivity index (χ4n) is 2.48. The lowest BCUT2D eigenvalue weighted by Gasteiger charge is -2.10. The Balaban J connectivity index is 1.49. The molecule has 144 valence electrons. The number of carbonyl (C=O) groups excluding carboxylic acids is 2. The highest BCUT2D eigenvalue weighted by Gasteiger charge is 2.07. The molecule has 0 atom stereocenters. The fraction of sp³-hybridized carbons (Fsp3) is 0.0455. The number of carbonyl (C=O) groups is 2. The summed E-state index contributed by atoms with van der Waals surface area (Å²) >= 11 is 0. The molecule has 0 bridgehead atoms. The molecule has 7 heteroatoms. The predicted octanol–water partition coefficient (Wildman–Crippen LogP) is 4.22. The highest BCUT2D eigenvalue weighted by Crippen LogP contribution is 2.17. The molecule has 0 saturated heterocycles. The number of rotatable bonds is 6. The molecule has 0 aliphatic carbocycles. The van der Waals surface area contributed by atoms with Gasteiger partial charge in [0.2, 0.25) is 0 Å². The van der Waals surface area contributed by atoms with Gasteiger partial charge in [-0.2, -0.15) is 5.26 Å². The lowest BCUT2D eigenvalue weighted by atomic mass is 10.2. The summed E-state index contributed by atoms with van der Waals surface area (Å²) in [4.78, 5) is 24.0. The van der Waals surface area contributed by atoms with Crippen molar-refractivity contribution in [2.75, 3.05) is 22.6 Å². The normalized spacial score (nSPS) is 9.76. The zero-order valence-electron chi connectivity index (χ0n) is 15.4. The van der Waals surface area contributed by atoms with Gasteiger partial charge in [-0.3, -0.25) is 4.79 Å². The Morgan fingerprint density at radius 3 is 1.97 bits per heavy atom. The maximum atomic E-state index is 12.1. The van der Waals surface area contributed by atoms with E-state index < -0.39 is 0 Å². The molecular weight excluding hydrogens is 368 g/mol. The molecule has 7 nitrogen and oxygen atoms in total. The van der Waals surface area contributed by atoms with Crippen LogP contribution >= 0.6 is 0 Å². The minimum Gasteiger partial charge on any atom is -0.482 e. The molecule has 0 fully saturated rings. The van der Waals surface area contributed by atoms with Gasteiger partial charge in [0.15, 0.2) is 6.61 Å². The van der Waals surface area contributed by atoms with Crippen LogP contribution in [0.5, 0.6) is 5.75 Å². The summed E-state index contributed by atoms with van der Waals surface area (Å²) in [6.45, 7) is -0.224. The van der Waals surface area contributed by atoms with Crippen LogP contribution in [-0.2, 0) is 4.79 Å². The molecule has 3 aromatic rings. The second kappa shape index (κ2) is 9.58. The van der Waals surface area contributed by atoms with Crippen LogP contribution in [0.25, 0.3) is 0 Å². The number of urea groups is 1. The quantitative estimate of drug-likeness (QED) is 0.590. The number of anilines is 3. The van der Waals surface area contributed by atoms with E-state index in [1.165, 1.54) is 0 Å². The molecular formula is C22H18N4O3. The Bertz CT molecular complexity index is 1030. The molecule has 0 heterocycles. The van der Waals surface area contributed by atoms with E-state index in [0.29, 0.717) is 28.4 Å². The molecule has 0 aliphatic heterocycles. The third-order valence-corrected chi connectivity index (χ3v) is 3.82. The summed E-state index contributed by atoms with van der Waals surface area (Å²) in [5, 5.41) is 17.2. The van der Waals surface area contributed by atoms with Gasteiger partial charge in [-0.1, -0.05) is 30.3 Å². The molecule has 0 unspecified atom stereocenters. The lowest BCUT2D eigenvalue weighted by molar-refractivity contribution is -0.118. The summed E-state index contributed by atoms with van der Waals surface area (Å²) in [5.41, 5.74) is 2.19. The van der Waals surface area contributed by atoms with Crippen LogP contribution in [0.3, 0.4) is 0 Å². The molecule has 0 saturated carbocycles. The average Bonchev–Trinajstić information content (AvgIpc) is 2.74. The number of amides is 3. The van der Waals surface area contributed by atoms with Gasteiger partial charge >= 0.3 is 6.03 Å². The molecule has 3 amide bonds. The Hall–Kier alpha value is -4.31. The van der Waals surface area contributed by atoms with E-state index >= 15 is 0 Å². The molecule has 0 aliphatic rings. The zero-order chi connectivity index (χ0) is 20.5. The fourth-order valence-corrected chi connectivity index (χ4v) is 2.48. The number of benzene rings is 3. The largest absolute Gasteiger partial charge is 0.482 e. The highest BCUT2D eigenvalue weighted by molar-refractivity contribution is 6.00. The van der Waals surface area contributed by atoms with E-state index in [0.717, 1.165) is 0 Å². The summed E-state index contributed by atoms with van der Waals surface area (Å²) < 4.78 is 5.40. The topological polar surface area (TPSA) is 103 Å². The Kier molecular flexibility index (Phi) is 6.42. The molecule has 0 radical (unpaired) electrons. The van der Waals surface area contributed by atoms with E-state index in [1.54, 1.807) is 60.7 Å². The van der Waals surface area contributed by atoms with Crippen LogP contribution < -0.4 is 20.7 Å². The van der Waals surface area contributed by atoms with Gasteiger partial charge in [0.05, 0.1) is 5.56 Å². The summed E-state index contributed by atoms with van der Waals surface area (Å²) in [6.07, 6.45) is 0. The molecule has 29 heavy (non-hydrogen) atoms. The first-order chi connectivity index (χ1) is 14.1. The van der Waals surface area contributed by atoms with Crippen molar-refractivity contribution in [3.63, 3.8) is 0 Å². The molecule has 3 rings (SSSR count). The zero-order valence-corrected chi connectivity index (χ0v) is 15.4. The van der Waals surface area contributed by atoms with E-state index in [2.05, 4.69) is 16.0 Å². The van der Waals surface area contributed by atoms with Gasteiger partial charge in [0.25, 0.3) is 5.91 Å². The molecule has 3 aromatic carbocycles. The number of nitrogens with one attached hydrogen (secondary N) is 3. The maximum Gasteiger partial charge on any atom is 0.323 e. The van der Waals surface area contributed by atoms with Crippen molar-refractivity contribution in [2.45, 2.75) is 0 Å².